The van der Waals surface area contributed by atoms with E-state index in [4.69, 9.17) is 16.3 Å². The Balaban J connectivity index is 1.34. The van der Waals surface area contributed by atoms with Gasteiger partial charge in [0.15, 0.2) is 11.6 Å². The molecule has 1 aliphatic carbocycles. The number of hydrogen-bond acceptors (Lipinski definition) is 6. The number of halogens is 1. The summed E-state index contributed by atoms with van der Waals surface area (Å²) >= 11 is 5.99. The van der Waals surface area contributed by atoms with Crippen LogP contribution in [0.5, 0.6) is 5.75 Å². The standard InChI is InChI=1S/C23H29ClN4O4S/c24-21-20(9-5-12-25-21)33(30,31)28-14-10-18(11-15-28)23(29)27-22-19(8-4-13-26-22)32-16-17-6-2-1-3-7-17/h4-5,8-9,12-13,17-18H,1-3,6-7,10-11,14-16H2,(H,26,27,29). The third-order valence-electron chi connectivity index (χ3n) is 6.38. The minimum absolute atomic E-state index is 0.0113. The predicted molar refractivity (Wildman–Crippen MR) is 126 cm³/mol. The van der Waals surface area contributed by atoms with Crippen molar-refractivity contribution in [3.05, 3.63) is 41.8 Å². The topological polar surface area (TPSA) is 101 Å². The third kappa shape index (κ3) is 5.83. The fourth-order valence-corrected chi connectivity index (χ4v) is 6.34. The molecule has 0 radical (unpaired) electrons. The molecule has 0 aromatic carbocycles. The van der Waals surface area contributed by atoms with Gasteiger partial charge in [-0.25, -0.2) is 18.4 Å². The normalized spacial score (nSPS) is 18.7. The van der Waals surface area contributed by atoms with E-state index >= 15 is 0 Å². The van der Waals surface area contributed by atoms with Crippen molar-refractivity contribution in [1.29, 1.82) is 0 Å². The number of aromatic nitrogens is 2. The molecule has 2 aromatic rings. The van der Waals surface area contributed by atoms with E-state index in [9.17, 15) is 13.2 Å². The van der Waals surface area contributed by atoms with Crippen LogP contribution in [-0.4, -0.2) is 48.3 Å². The highest BCUT2D eigenvalue weighted by Crippen LogP contribution is 2.30. The van der Waals surface area contributed by atoms with Crippen LogP contribution in [-0.2, 0) is 14.8 Å². The van der Waals surface area contributed by atoms with Crippen molar-refractivity contribution in [3.63, 3.8) is 0 Å². The summed E-state index contributed by atoms with van der Waals surface area (Å²) < 4.78 is 33.2. The van der Waals surface area contributed by atoms with E-state index in [-0.39, 0.29) is 35.0 Å². The van der Waals surface area contributed by atoms with Crippen molar-refractivity contribution < 1.29 is 17.9 Å². The van der Waals surface area contributed by atoms with Gasteiger partial charge in [0.2, 0.25) is 15.9 Å². The first-order valence-corrected chi connectivity index (χ1v) is 13.3. The van der Waals surface area contributed by atoms with Crippen molar-refractivity contribution >= 4 is 33.3 Å². The summed E-state index contributed by atoms with van der Waals surface area (Å²) in [5.41, 5.74) is 0. The van der Waals surface area contributed by atoms with Gasteiger partial charge in [-0.15, -0.1) is 0 Å². The molecule has 3 heterocycles. The van der Waals surface area contributed by atoms with E-state index < -0.39 is 10.0 Å². The fraction of sp³-hybridized carbons (Fsp3) is 0.522. The molecule has 1 aliphatic heterocycles. The van der Waals surface area contributed by atoms with Crippen molar-refractivity contribution in [3.8, 4) is 5.75 Å². The Kier molecular flexibility index (Phi) is 7.82. The average molecular weight is 493 g/mol. The molecule has 0 spiro atoms. The molecule has 1 saturated carbocycles. The molecule has 0 unspecified atom stereocenters. The summed E-state index contributed by atoms with van der Waals surface area (Å²) in [6, 6.07) is 6.59. The Morgan fingerprint density at radius 2 is 1.76 bits per heavy atom. The number of hydrogen-bond donors (Lipinski definition) is 1. The van der Waals surface area contributed by atoms with Gasteiger partial charge in [0, 0.05) is 31.4 Å². The van der Waals surface area contributed by atoms with Gasteiger partial charge < -0.3 is 10.1 Å². The van der Waals surface area contributed by atoms with Crippen LogP contribution in [0.3, 0.4) is 0 Å². The number of nitrogens with one attached hydrogen (secondary N) is 1. The number of sulfonamides is 1. The second kappa shape index (κ2) is 10.8. The maximum atomic E-state index is 12.9. The second-order valence-electron chi connectivity index (χ2n) is 8.63. The van der Waals surface area contributed by atoms with Crippen LogP contribution in [0.15, 0.2) is 41.6 Å². The highest BCUT2D eigenvalue weighted by atomic mass is 35.5. The first-order valence-electron chi connectivity index (χ1n) is 11.4. The van der Waals surface area contributed by atoms with Crippen LogP contribution < -0.4 is 10.1 Å². The summed E-state index contributed by atoms with van der Waals surface area (Å²) in [4.78, 5) is 21.0. The Morgan fingerprint density at radius 1 is 1.06 bits per heavy atom. The van der Waals surface area contributed by atoms with Gasteiger partial charge in [-0.05, 0) is 55.9 Å². The molecular weight excluding hydrogens is 464 g/mol. The van der Waals surface area contributed by atoms with E-state index in [0.717, 1.165) is 0 Å². The summed E-state index contributed by atoms with van der Waals surface area (Å²) in [6.45, 7) is 1.10. The monoisotopic (exact) mass is 492 g/mol. The van der Waals surface area contributed by atoms with E-state index in [1.807, 2.05) is 6.07 Å². The minimum atomic E-state index is -3.75. The lowest BCUT2D eigenvalue weighted by Crippen LogP contribution is -2.41. The number of rotatable bonds is 7. The summed E-state index contributed by atoms with van der Waals surface area (Å²) in [6.07, 6.45) is 10.0. The maximum Gasteiger partial charge on any atom is 0.246 e. The number of anilines is 1. The number of amides is 1. The fourth-order valence-electron chi connectivity index (χ4n) is 4.44. The molecule has 0 atom stereocenters. The zero-order valence-corrected chi connectivity index (χ0v) is 20.0. The van der Waals surface area contributed by atoms with Crippen LogP contribution in [0.2, 0.25) is 5.15 Å². The van der Waals surface area contributed by atoms with Gasteiger partial charge in [0.25, 0.3) is 0 Å². The van der Waals surface area contributed by atoms with E-state index in [0.29, 0.717) is 36.9 Å². The first-order chi connectivity index (χ1) is 15.9. The molecule has 178 valence electrons. The number of nitrogens with zero attached hydrogens (tertiary/aromatic N) is 3. The number of piperidine rings is 1. The van der Waals surface area contributed by atoms with Gasteiger partial charge in [-0.1, -0.05) is 30.9 Å². The summed E-state index contributed by atoms with van der Waals surface area (Å²) in [7, 11) is -3.75. The van der Waals surface area contributed by atoms with Gasteiger partial charge in [-0.3, -0.25) is 4.79 Å². The summed E-state index contributed by atoms with van der Waals surface area (Å²) in [5, 5.41) is 2.84. The molecule has 1 N–H and O–H groups in total. The molecule has 33 heavy (non-hydrogen) atoms. The third-order valence-corrected chi connectivity index (χ3v) is 8.72. The Bertz CT molecular complexity index is 1070. The summed E-state index contributed by atoms with van der Waals surface area (Å²) in [5.74, 6) is 1.04. The molecule has 1 saturated heterocycles. The van der Waals surface area contributed by atoms with Crippen LogP contribution in [0.25, 0.3) is 0 Å². The Morgan fingerprint density at radius 3 is 2.48 bits per heavy atom. The molecule has 2 aromatic heterocycles. The zero-order valence-electron chi connectivity index (χ0n) is 18.5. The molecular formula is C23H29ClN4O4S. The van der Waals surface area contributed by atoms with Crippen LogP contribution >= 0.6 is 11.6 Å². The van der Waals surface area contributed by atoms with Crippen molar-refractivity contribution in [2.75, 3.05) is 25.0 Å². The predicted octanol–water partition coefficient (Wildman–Crippen LogP) is 4.13. The SMILES string of the molecule is O=C(Nc1ncccc1OCC1CCCCC1)C1CCN(S(=O)(=O)c2cccnc2Cl)CC1. The van der Waals surface area contributed by atoms with Gasteiger partial charge >= 0.3 is 0 Å². The van der Waals surface area contributed by atoms with Crippen molar-refractivity contribution in [2.45, 2.75) is 49.8 Å². The number of carbonyl (C=O) groups excluding carboxylic acids is 1. The maximum absolute atomic E-state index is 12.9. The van der Waals surface area contributed by atoms with Gasteiger partial charge in [-0.2, -0.15) is 4.31 Å². The molecule has 4 rings (SSSR count). The smallest absolute Gasteiger partial charge is 0.246 e. The van der Waals surface area contributed by atoms with Crippen LogP contribution in [0, 0.1) is 11.8 Å². The lowest BCUT2D eigenvalue weighted by Gasteiger charge is -2.30. The average Bonchev–Trinajstić information content (AvgIpc) is 2.84. The number of pyridine rings is 2. The molecule has 2 fully saturated rings. The molecule has 0 bridgehead atoms. The molecule has 2 aliphatic rings. The quantitative estimate of drug-likeness (QED) is 0.583. The van der Waals surface area contributed by atoms with E-state index in [1.54, 1.807) is 18.3 Å². The largest absolute Gasteiger partial charge is 0.489 e. The molecule has 10 heteroatoms. The van der Waals surface area contributed by atoms with Crippen LogP contribution in [0.4, 0.5) is 5.82 Å². The molecule has 8 nitrogen and oxygen atoms in total. The zero-order chi connectivity index (χ0) is 23.3. The number of ether oxygens (including phenoxy) is 1. The lowest BCUT2D eigenvalue weighted by atomic mass is 9.90. The van der Waals surface area contributed by atoms with Gasteiger partial charge in [0.05, 0.1) is 6.61 Å². The van der Waals surface area contributed by atoms with E-state index in [1.165, 1.54) is 48.7 Å². The molecule has 1 amide bonds. The van der Waals surface area contributed by atoms with Crippen LogP contribution in [0.1, 0.15) is 44.9 Å². The second-order valence-corrected chi connectivity index (χ2v) is 10.9. The number of carbonyl (C=O) groups is 1. The Hall–Kier alpha value is -2.23. The lowest BCUT2D eigenvalue weighted by molar-refractivity contribution is -0.120. The van der Waals surface area contributed by atoms with E-state index in [2.05, 4.69) is 15.3 Å². The first kappa shape index (κ1) is 23.9. The van der Waals surface area contributed by atoms with Gasteiger partial charge in [0.1, 0.15) is 10.0 Å². The highest BCUT2D eigenvalue weighted by Gasteiger charge is 2.33. The van der Waals surface area contributed by atoms with Crippen molar-refractivity contribution in [1.82, 2.24) is 14.3 Å². The van der Waals surface area contributed by atoms with Crippen molar-refractivity contribution in [2.24, 2.45) is 11.8 Å². The Labute approximate surface area is 199 Å². The highest BCUT2D eigenvalue weighted by molar-refractivity contribution is 7.89. The minimum Gasteiger partial charge on any atom is -0.489 e.